The smallest absolute Gasteiger partial charge is 0.332 e. The zero-order valence-electron chi connectivity index (χ0n) is 7.29. The lowest BCUT2D eigenvalue weighted by Gasteiger charge is -1.89. The van der Waals surface area contributed by atoms with E-state index in [9.17, 15) is 4.79 Å². The molecule has 4 nitrogen and oxygen atoms in total. The van der Waals surface area contributed by atoms with Crippen molar-refractivity contribution in [2.75, 3.05) is 13.6 Å². The molecule has 0 rings (SSSR count). The molecule has 0 fully saturated rings. The fraction of sp³-hybridized carbons (Fsp3) is 0.857. The molecule has 0 heterocycles. The van der Waals surface area contributed by atoms with E-state index in [0.717, 1.165) is 6.54 Å². The largest absolute Gasteiger partial charge is 0.479 e. The first kappa shape index (κ1) is 13.0. The van der Waals surface area contributed by atoms with Crippen LogP contribution in [0.15, 0.2) is 0 Å². The average Bonchev–Trinajstić information content (AvgIpc) is 1.90. The Labute approximate surface area is 67.2 Å². The SMILES string of the molecule is CC(O)C(=O)O.CCCNC. The molecule has 0 aliphatic carbocycles. The quantitative estimate of drug-likeness (QED) is 0.550. The molecule has 0 aliphatic heterocycles. The summed E-state index contributed by atoms with van der Waals surface area (Å²) >= 11 is 0. The summed E-state index contributed by atoms with van der Waals surface area (Å²) in [6, 6.07) is 0. The topological polar surface area (TPSA) is 69.6 Å². The molecule has 0 saturated carbocycles. The van der Waals surface area contributed by atoms with Crippen LogP contribution in [0.25, 0.3) is 0 Å². The van der Waals surface area contributed by atoms with Gasteiger partial charge in [-0.1, -0.05) is 6.92 Å². The molecule has 0 aromatic carbocycles. The number of aliphatic hydroxyl groups excluding tert-OH is 1. The van der Waals surface area contributed by atoms with Crippen molar-refractivity contribution in [1.82, 2.24) is 5.32 Å². The molecular weight excluding hydrogens is 146 g/mol. The predicted octanol–water partition coefficient (Wildman–Crippen LogP) is 0.0676. The molecule has 68 valence electrons. The number of carbonyl (C=O) groups is 1. The third-order valence-corrected chi connectivity index (χ3v) is 0.857. The minimum Gasteiger partial charge on any atom is -0.479 e. The molecule has 1 atom stereocenters. The molecule has 0 saturated heterocycles. The van der Waals surface area contributed by atoms with Crippen LogP contribution in [0.2, 0.25) is 0 Å². The van der Waals surface area contributed by atoms with Crippen LogP contribution in [0.4, 0.5) is 0 Å². The molecule has 4 heteroatoms. The molecular formula is C7H17NO3. The van der Waals surface area contributed by atoms with Gasteiger partial charge in [-0.3, -0.25) is 0 Å². The Bertz CT molecular complexity index is 91.7. The Morgan fingerprint density at radius 2 is 2.00 bits per heavy atom. The van der Waals surface area contributed by atoms with E-state index in [-0.39, 0.29) is 0 Å². The lowest BCUT2D eigenvalue weighted by Crippen LogP contribution is -2.13. The van der Waals surface area contributed by atoms with E-state index >= 15 is 0 Å². The molecule has 3 N–H and O–H groups in total. The lowest BCUT2D eigenvalue weighted by molar-refractivity contribution is -0.145. The maximum atomic E-state index is 9.45. The number of aliphatic hydroxyl groups is 1. The number of carboxylic acids is 1. The van der Waals surface area contributed by atoms with Gasteiger partial charge in [0.15, 0.2) is 0 Å². The number of nitrogens with one attached hydrogen (secondary N) is 1. The van der Waals surface area contributed by atoms with Gasteiger partial charge in [-0.05, 0) is 26.9 Å². The first-order valence-electron chi connectivity index (χ1n) is 3.61. The van der Waals surface area contributed by atoms with Gasteiger partial charge in [0.05, 0.1) is 0 Å². The van der Waals surface area contributed by atoms with E-state index in [1.54, 1.807) is 0 Å². The number of hydrogen-bond donors (Lipinski definition) is 3. The third kappa shape index (κ3) is 17.7. The number of hydrogen-bond acceptors (Lipinski definition) is 3. The highest BCUT2D eigenvalue weighted by Crippen LogP contribution is 1.73. The van der Waals surface area contributed by atoms with Crippen molar-refractivity contribution in [3.8, 4) is 0 Å². The van der Waals surface area contributed by atoms with Crippen molar-refractivity contribution in [3.63, 3.8) is 0 Å². The Kier molecular flexibility index (Phi) is 11.1. The number of rotatable bonds is 3. The lowest BCUT2D eigenvalue weighted by atomic mass is 10.4. The first-order chi connectivity index (χ1) is 5.06. The third-order valence-electron chi connectivity index (χ3n) is 0.857. The van der Waals surface area contributed by atoms with E-state index in [2.05, 4.69) is 12.2 Å². The van der Waals surface area contributed by atoms with Crippen LogP contribution in [-0.2, 0) is 4.79 Å². The maximum absolute atomic E-state index is 9.45. The van der Waals surface area contributed by atoms with Gasteiger partial charge in [-0.2, -0.15) is 0 Å². The van der Waals surface area contributed by atoms with Crippen molar-refractivity contribution in [1.29, 1.82) is 0 Å². The van der Waals surface area contributed by atoms with E-state index in [1.807, 2.05) is 7.05 Å². The van der Waals surface area contributed by atoms with Gasteiger partial charge >= 0.3 is 5.97 Å². The van der Waals surface area contributed by atoms with Crippen LogP contribution < -0.4 is 5.32 Å². The molecule has 0 spiro atoms. The van der Waals surface area contributed by atoms with Crippen LogP contribution >= 0.6 is 0 Å². The summed E-state index contributed by atoms with van der Waals surface area (Å²) in [5.41, 5.74) is 0. The summed E-state index contributed by atoms with van der Waals surface area (Å²) in [4.78, 5) is 9.45. The van der Waals surface area contributed by atoms with Gasteiger partial charge in [0, 0.05) is 0 Å². The van der Waals surface area contributed by atoms with Crippen molar-refractivity contribution >= 4 is 5.97 Å². The fourth-order valence-electron chi connectivity index (χ4n) is 0.250. The Hall–Kier alpha value is -0.610. The highest BCUT2D eigenvalue weighted by Gasteiger charge is 2.01. The van der Waals surface area contributed by atoms with Gasteiger partial charge in [-0.15, -0.1) is 0 Å². The Morgan fingerprint density at radius 3 is 2.00 bits per heavy atom. The average molecular weight is 163 g/mol. The van der Waals surface area contributed by atoms with Crippen LogP contribution in [0, 0.1) is 0 Å². The molecule has 0 aromatic heterocycles. The summed E-state index contributed by atoms with van der Waals surface area (Å²) < 4.78 is 0. The molecule has 0 bridgehead atoms. The first-order valence-corrected chi connectivity index (χ1v) is 3.61. The van der Waals surface area contributed by atoms with E-state index in [1.165, 1.54) is 13.3 Å². The van der Waals surface area contributed by atoms with E-state index in [4.69, 9.17) is 10.2 Å². The van der Waals surface area contributed by atoms with Gasteiger partial charge in [-0.25, -0.2) is 4.79 Å². The van der Waals surface area contributed by atoms with E-state index < -0.39 is 12.1 Å². The second-order valence-electron chi connectivity index (χ2n) is 2.12. The number of carboxylic acid groups (broad SMARTS) is 1. The minimum atomic E-state index is -1.23. The van der Waals surface area contributed by atoms with Crippen molar-refractivity contribution < 1.29 is 15.0 Å². The van der Waals surface area contributed by atoms with Crippen molar-refractivity contribution in [2.24, 2.45) is 0 Å². The summed E-state index contributed by atoms with van der Waals surface area (Å²) in [5, 5.41) is 18.8. The van der Waals surface area contributed by atoms with Gasteiger partial charge in [0.25, 0.3) is 0 Å². The second-order valence-corrected chi connectivity index (χ2v) is 2.12. The van der Waals surface area contributed by atoms with Gasteiger partial charge in [0.2, 0.25) is 0 Å². The monoisotopic (exact) mass is 163 g/mol. The molecule has 0 aliphatic rings. The zero-order valence-corrected chi connectivity index (χ0v) is 7.29. The fourth-order valence-corrected chi connectivity index (χ4v) is 0.250. The van der Waals surface area contributed by atoms with Crippen LogP contribution in [0.3, 0.4) is 0 Å². The van der Waals surface area contributed by atoms with Crippen LogP contribution in [0.1, 0.15) is 20.3 Å². The molecule has 0 aromatic rings. The minimum absolute atomic E-state index is 1.14. The normalized spacial score (nSPS) is 11.3. The number of aliphatic carboxylic acids is 1. The van der Waals surface area contributed by atoms with Crippen LogP contribution in [0.5, 0.6) is 0 Å². The van der Waals surface area contributed by atoms with E-state index in [0.29, 0.717) is 0 Å². The maximum Gasteiger partial charge on any atom is 0.332 e. The summed E-state index contributed by atoms with van der Waals surface area (Å²) in [5.74, 6) is -1.19. The second kappa shape index (κ2) is 9.39. The predicted molar refractivity (Wildman–Crippen MR) is 43.5 cm³/mol. The Balaban J connectivity index is 0. The molecule has 11 heavy (non-hydrogen) atoms. The van der Waals surface area contributed by atoms with Crippen molar-refractivity contribution in [2.45, 2.75) is 26.4 Å². The van der Waals surface area contributed by atoms with Gasteiger partial charge in [0.1, 0.15) is 6.10 Å². The standard InChI is InChI=1S/C4H11N.C3H6O3/c1-3-4-5-2;1-2(4)3(5)6/h5H,3-4H2,1-2H3;2,4H,1H3,(H,5,6). The van der Waals surface area contributed by atoms with Crippen LogP contribution in [-0.4, -0.2) is 35.9 Å². The molecule has 0 radical (unpaired) electrons. The highest BCUT2D eigenvalue weighted by atomic mass is 16.4. The highest BCUT2D eigenvalue weighted by molar-refractivity contribution is 5.71. The molecule has 0 amide bonds. The molecule has 1 unspecified atom stereocenters. The zero-order chi connectivity index (χ0) is 9.28. The van der Waals surface area contributed by atoms with Crippen molar-refractivity contribution in [3.05, 3.63) is 0 Å². The summed E-state index contributed by atoms with van der Waals surface area (Å²) in [6.07, 6.45) is 0.00116. The van der Waals surface area contributed by atoms with Gasteiger partial charge < -0.3 is 15.5 Å². The Morgan fingerprint density at radius 1 is 1.64 bits per heavy atom. The summed E-state index contributed by atoms with van der Waals surface area (Å²) in [7, 11) is 1.96. The summed E-state index contributed by atoms with van der Waals surface area (Å²) in [6.45, 7) is 4.48.